The second kappa shape index (κ2) is 11.9. The Labute approximate surface area is 214 Å². The van der Waals surface area contributed by atoms with E-state index in [0.29, 0.717) is 23.7 Å². The third-order valence-electron chi connectivity index (χ3n) is 9.97. The Morgan fingerprint density at radius 1 is 0.600 bits per heavy atom. The maximum absolute atomic E-state index is 12.8. The summed E-state index contributed by atoms with van der Waals surface area (Å²) in [4.78, 5) is 12.8. The maximum Gasteiger partial charge on any atom is 0.162 e. The highest BCUT2D eigenvalue weighted by molar-refractivity contribution is 5.81. The van der Waals surface area contributed by atoms with E-state index in [1.165, 1.54) is 0 Å². The lowest BCUT2D eigenvalue weighted by Crippen LogP contribution is -2.59. The van der Waals surface area contributed by atoms with Gasteiger partial charge >= 0.3 is 0 Å². The van der Waals surface area contributed by atoms with E-state index in [0.717, 1.165) is 12.8 Å². The number of Topliss-reactive ketones (excluding diaryl/α,β-unsaturated/α-hetero) is 1. The van der Waals surface area contributed by atoms with Gasteiger partial charge in [0.15, 0.2) is 18.4 Å². The van der Waals surface area contributed by atoms with Gasteiger partial charge in [0.05, 0.1) is 30.5 Å². The van der Waals surface area contributed by atoms with Crippen molar-refractivity contribution in [1.29, 1.82) is 0 Å². The van der Waals surface area contributed by atoms with Gasteiger partial charge in [0.1, 0.15) is 6.10 Å². The predicted molar refractivity (Wildman–Crippen MR) is 137 cm³/mol. The van der Waals surface area contributed by atoms with Crippen molar-refractivity contribution < 1.29 is 28.5 Å². The van der Waals surface area contributed by atoms with Crippen molar-refractivity contribution in [2.45, 2.75) is 138 Å². The summed E-state index contributed by atoms with van der Waals surface area (Å²) in [7, 11) is 0. The van der Waals surface area contributed by atoms with Crippen molar-refractivity contribution in [2.24, 2.45) is 41.4 Å². The quantitative estimate of drug-likeness (QED) is 0.440. The Balaban J connectivity index is 1.77. The highest BCUT2D eigenvalue weighted by Crippen LogP contribution is 2.42. The number of ketones is 1. The average Bonchev–Trinajstić information content (AvgIpc) is 2.83. The number of rotatable bonds is 7. The Bertz CT molecular complexity index is 695. The second-order valence-electron chi connectivity index (χ2n) is 12.0. The topological polar surface area (TPSA) is 63.2 Å². The minimum Gasteiger partial charge on any atom is -0.372 e. The van der Waals surface area contributed by atoms with E-state index in [-0.39, 0.29) is 60.3 Å². The molecule has 15 atom stereocenters. The van der Waals surface area contributed by atoms with Crippen LogP contribution in [0.4, 0.5) is 0 Å². The van der Waals surface area contributed by atoms with Crippen LogP contribution in [0.25, 0.3) is 0 Å². The van der Waals surface area contributed by atoms with E-state index in [4.69, 9.17) is 23.7 Å². The fraction of sp³-hybridized carbons (Fsp3) is 0.966. The van der Waals surface area contributed by atoms with Crippen LogP contribution in [-0.4, -0.2) is 55.0 Å². The highest BCUT2D eigenvalue weighted by Gasteiger charge is 2.50. The van der Waals surface area contributed by atoms with Gasteiger partial charge in [-0.05, 0) is 56.3 Å². The third-order valence-corrected chi connectivity index (χ3v) is 9.97. The van der Waals surface area contributed by atoms with E-state index in [1.807, 2.05) is 0 Å². The van der Waals surface area contributed by atoms with E-state index in [2.05, 4.69) is 69.2 Å². The molecule has 3 saturated heterocycles. The summed E-state index contributed by atoms with van der Waals surface area (Å²) < 4.78 is 32.4. The van der Waals surface area contributed by atoms with Crippen LogP contribution in [0, 0.1) is 41.4 Å². The van der Waals surface area contributed by atoms with Crippen LogP contribution in [0.3, 0.4) is 0 Å². The van der Waals surface area contributed by atoms with Gasteiger partial charge < -0.3 is 23.7 Å². The summed E-state index contributed by atoms with van der Waals surface area (Å²) in [6.07, 6.45) is 0.314. The van der Waals surface area contributed by atoms with E-state index in [1.54, 1.807) is 6.92 Å². The summed E-state index contributed by atoms with van der Waals surface area (Å²) in [5, 5.41) is 0. The van der Waals surface area contributed by atoms with Crippen LogP contribution in [0.5, 0.6) is 0 Å². The fourth-order valence-corrected chi connectivity index (χ4v) is 6.35. The number of carbonyl (C=O) groups is 1. The molecule has 7 unspecified atom stereocenters. The normalized spacial score (nSPS) is 51.2. The molecule has 3 heterocycles. The smallest absolute Gasteiger partial charge is 0.162 e. The molecule has 0 radical (unpaired) electrons. The first-order chi connectivity index (χ1) is 16.4. The molecule has 0 aliphatic carbocycles. The summed E-state index contributed by atoms with van der Waals surface area (Å²) in [5.74, 6) is 2.03. The summed E-state index contributed by atoms with van der Waals surface area (Å²) in [6.45, 7) is 23.6. The van der Waals surface area contributed by atoms with Gasteiger partial charge in [0.2, 0.25) is 0 Å². The predicted octanol–water partition coefficient (Wildman–Crippen LogP) is 5.86. The van der Waals surface area contributed by atoms with E-state index in [9.17, 15) is 4.79 Å². The molecule has 0 bridgehead atoms. The second-order valence-corrected chi connectivity index (χ2v) is 12.0. The first kappa shape index (κ1) is 29.0. The van der Waals surface area contributed by atoms with Gasteiger partial charge in [0, 0.05) is 11.8 Å². The van der Waals surface area contributed by atoms with Crippen molar-refractivity contribution in [3.05, 3.63) is 0 Å². The molecule has 0 amide bonds. The molecule has 3 rings (SSSR count). The molecule has 204 valence electrons. The van der Waals surface area contributed by atoms with E-state index < -0.39 is 12.4 Å². The number of ether oxygens (including phenoxy) is 5. The Kier molecular flexibility index (Phi) is 9.87. The molecule has 35 heavy (non-hydrogen) atoms. The highest BCUT2D eigenvalue weighted by atomic mass is 16.7. The Morgan fingerprint density at radius 2 is 1.11 bits per heavy atom. The zero-order chi connectivity index (χ0) is 26.2. The average molecular weight is 497 g/mol. The van der Waals surface area contributed by atoms with E-state index >= 15 is 0 Å². The molecule has 6 nitrogen and oxygen atoms in total. The zero-order valence-electron chi connectivity index (χ0n) is 24.0. The molecular weight excluding hydrogens is 444 g/mol. The Hall–Kier alpha value is -0.530. The van der Waals surface area contributed by atoms with Crippen LogP contribution in [0.1, 0.15) is 89.0 Å². The first-order valence-corrected chi connectivity index (χ1v) is 14.2. The maximum atomic E-state index is 12.8. The molecule has 0 N–H and O–H groups in total. The summed E-state index contributed by atoms with van der Waals surface area (Å²) >= 11 is 0. The van der Waals surface area contributed by atoms with Crippen molar-refractivity contribution in [1.82, 2.24) is 0 Å². The molecule has 3 aliphatic rings. The van der Waals surface area contributed by atoms with Crippen molar-refractivity contribution >= 4 is 5.78 Å². The largest absolute Gasteiger partial charge is 0.372 e. The fourth-order valence-electron chi connectivity index (χ4n) is 6.35. The molecular formula is C29H52O6. The lowest BCUT2D eigenvalue weighted by atomic mass is 9.78. The molecule has 3 aliphatic heterocycles. The van der Waals surface area contributed by atoms with Crippen LogP contribution >= 0.6 is 0 Å². The van der Waals surface area contributed by atoms with Crippen LogP contribution < -0.4 is 0 Å². The standard InChI is InChI=1S/C29H52O6/c1-12-23-16(5)14(3)19(8)28(32-23)34-26-18(7)20(9)29(35-27(26)21(10)30)33-25-17(6)15(4)22(11)31-24(25)13-2/h14-20,22-29H,12-13H2,1-11H3/t14-,15?,16-,17+,18+,19?,20?,22?,23?,24?,25-,26-,27?,28-,29+/m0/s1. The van der Waals surface area contributed by atoms with Crippen molar-refractivity contribution in [3.63, 3.8) is 0 Å². The monoisotopic (exact) mass is 496 g/mol. The number of hydrogen-bond donors (Lipinski definition) is 0. The Morgan fingerprint density at radius 3 is 1.69 bits per heavy atom. The van der Waals surface area contributed by atoms with Crippen LogP contribution in [0.2, 0.25) is 0 Å². The molecule has 6 heteroatoms. The van der Waals surface area contributed by atoms with Crippen LogP contribution in [0.15, 0.2) is 0 Å². The first-order valence-electron chi connectivity index (χ1n) is 14.2. The van der Waals surface area contributed by atoms with Crippen molar-refractivity contribution in [3.8, 4) is 0 Å². The lowest BCUT2D eigenvalue weighted by molar-refractivity contribution is -0.333. The van der Waals surface area contributed by atoms with Gasteiger partial charge in [0.25, 0.3) is 0 Å². The van der Waals surface area contributed by atoms with Gasteiger partial charge in [-0.25, -0.2) is 0 Å². The van der Waals surface area contributed by atoms with Gasteiger partial charge in [-0.1, -0.05) is 62.3 Å². The summed E-state index contributed by atoms with van der Waals surface area (Å²) in [6, 6.07) is 0. The lowest BCUT2D eigenvalue weighted by Gasteiger charge is -2.50. The SMILES string of the molecule is CCC1O[C@@H](O[C@@H]2C(C(C)=O)O[C@@H](O[C@@H]3C(CC)OC(C)C(C)[C@H]3C)C(C)[C@H]2C)C(C)[C@@H](C)[C@@H]1C. The molecule has 0 aromatic rings. The zero-order valence-corrected chi connectivity index (χ0v) is 24.0. The molecule has 0 aromatic heterocycles. The minimum absolute atomic E-state index is 0.0259. The van der Waals surface area contributed by atoms with Crippen LogP contribution in [-0.2, 0) is 28.5 Å². The van der Waals surface area contributed by atoms with Gasteiger partial charge in [-0.2, -0.15) is 0 Å². The third kappa shape index (κ3) is 5.82. The number of hydrogen-bond acceptors (Lipinski definition) is 6. The molecule has 0 saturated carbocycles. The molecule has 3 fully saturated rings. The minimum atomic E-state index is -0.673. The number of carbonyl (C=O) groups excluding carboxylic acids is 1. The van der Waals surface area contributed by atoms with Crippen molar-refractivity contribution in [2.75, 3.05) is 0 Å². The molecule has 0 aromatic carbocycles. The van der Waals surface area contributed by atoms with Gasteiger partial charge in [-0.15, -0.1) is 0 Å². The molecule has 0 spiro atoms. The summed E-state index contributed by atoms with van der Waals surface area (Å²) in [5.41, 5.74) is 0. The van der Waals surface area contributed by atoms with Gasteiger partial charge in [-0.3, -0.25) is 4.79 Å².